The number of carbonyl (C=O) groups is 4. The van der Waals surface area contributed by atoms with Gasteiger partial charge in [-0.25, -0.2) is 23.1 Å². The summed E-state index contributed by atoms with van der Waals surface area (Å²) in [5.74, 6) is -0.00367. The van der Waals surface area contributed by atoms with E-state index in [4.69, 9.17) is 14.2 Å². The predicted molar refractivity (Wildman–Crippen MR) is 236 cm³/mol. The summed E-state index contributed by atoms with van der Waals surface area (Å²) in [6.45, 7) is 3.13. The zero-order chi connectivity index (χ0) is 44.0. The summed E-state index contributed by atoms with van der Waals surface area (Å²) in [4.78, 5) is 59.2. The third kappa shape index (κ3) is 11.9. The number of thiol groups is 1. The number of imide groups is 2. The number of piperidine rings is 1. The van der Waals surface area contributed by atoms with Gasteiger partial charge in [0.2, 0.25) is 22.7 Å². The van der Waals surface area contributed by atoms with E-state index in [0.29, 0.717) is 31.3 Å². The fourth-order valence-corrected chi connectivity index (χ4v) is 8.63. The molecule has 3 heterocycles. The molecule has 4 amide bonds. The lowest BCUT2D eigenvalue weighted by Gasteiger charge is -2.43. The lowest BCUT2D eigenvalue weighted by molar-refractivity contribution is -0.136. The normalized spacial score (nSPS) is 16.8. The van der Waals surface area contributed by atoms with E-state index in [-0.39, 0.29) is 42.5 Å². The predicted octanol–water partition coefficient (Wildman–Crippen LogP) is 6.17. The van der Waals surface area contributed by atoms with Crippen LogP contribution in [0.15, 0.2) is 79.0 Å². The number of nitrogens with zero attached hydrogens (tertiary/aromatic N) is 3. The number of ether oxygens (including phenoxy) is 3. The Hall–Kier alpha value is -5.71. The minimum absolute atomic E-state index is 0.00928. The number of amides is 4. The van der Waals surface area contributed by atoms with Gasteiger partial charge in [-0.2, -0.15) is 0 Å². The number of anilines is 1. The first-order chi connectivity index (χ1) is 30.7. The smallest absolute Gasteiger partial charge is 0.262 e. The highest BCUT2D eigenvalue weighted by atomic mass is 32.2. The number of nitrogens with one attached hydrogen (secondary N) is 3. The monoisotopic (exact) mass is 880 g/mol. The molecule has 1 atom stereocenters. The van der Waals surface area contributed by atoms with Crippen molar-refractivity contribution in [2.45, 2.75) is 108 Å². The van der Waals surface area contributed by atoms with Crippen LogP contribution in [0.3, 0.4) is 0 Å². The number of carbonyl (C=O) groups excluding carboxylic acids is 4. The van der Waals surface area contributed by atoms with Crippen molar-refractivity contribution >= 4 is 40.2 Å². The van der Waals surface area contributed by atoms with Gasteiger partial charge in [-0.3, -0.25) is 29.4 Å². The van der Waals surface area contributed by atoms with Gasteiger partial charge in [0.05, 0.1) is 30.0 Å². The zero-order valence-electron chi connectivity index (χ0n) is 35.5. The van der Waals surface area contributed by atoms with Crippen molar-refractivity contribution in [3.63, 3.8) is 0 Å². The number of rotatable bonds is 25. The average molecular weight is 881 g/mol. The maximum Gasteiger partial charge on any atom is 0.262 e. The number of hydrogen-bond acceptors (Lipinski definition) is 12. The SMILES string of the molecule is O=C1CCC(N2C(=O)c3ccc(NCCCCOCCCCCCCCOc4ccc(C5(c6ccc(OCc7ccnc(CN[SH](=O)=O)n7)cc6)CCC5)cc4)cc3C2=O)C(=O)N1. The van der Waals surface area contributed by atoms with E-state index in [1.54, 1.807) is 30.5 Å². The largest absolute Gasteiger partial charge is 0.494 e. The summed E-state index contributed by atoms with van der Waals surface area (Å²) in [5.41, 5.74) is 4.50. The van der Waals surface area contributed by atoms with Gasteiger partial charge < -0.3 is 19.5 Å². The number of benzene rings is 3. The molecule has 15 nitrogen and oxygen atoms in total. The van der Waals surface area contributed by atoms with Gasteiger partial charge >= 0.3 is 0 Å². The molecule has 63 heavy (non-hydrogen) atoms. The van der Waals surface area contributed by atoms with E-state index in [1.165, 1.54) is 30.4 Å². The summed E-state index contributed by atoms with van der Waals surface area (Å²) in [5, 5.41) is 5.53. The summed E-state index contributed by atoms with van der Waals surface area (Å²) < 4.78 is 41.8. The number of hydrogen-bond donors (Lipinski definition) is 4. The van der Waals surface area contributed by atoms with E-state index in [1.807, 2.05) is 12.1 Å². The molecule has 3 aromatic carbocycles. The molecule has 16 heteroatoms. The van der Waals surface area contributed by atoms with E-state index >= 15 is 0 Å². The minimum Gasteiger partial charge on any atom is -0.494 e. The van der Waals surface area contributed by atoms with Crippen LogP contribution in [0, 0.1) is 0 Å². The molecule has 2 aliphatic heterocycles. The molecule has 3 aliphatic rings. The highest BCUT2D eigenvalue weighted by Crippen LogP contribution is 2.49. The second-order valence-electron chi connectivity index (χ2n) is 16.3. The molecular weight excluding hydrogens is 825 g/mol. The van der Waals surface area contributed by atoms with Crippen LogP contribution in [0.2, 0.25) is 0 Å². The van der Waals surface area contributed by atoms with Crippen LogP contribution in [0.4, 0.5) is 5.69 Å². The molecule has 334 valence electrons. The first-order valence-electron chi connectivity index (χ1n) is 22.0. The van der Waals surface area contributed by atoms with E-state index < -0.39 is 40.6 Å². The van der Waals surface area contributed by atoms with Crippen molar-refractivity contribution in [1.82, 2.24) is 24.9 Å². The van der Waals surface area contributed by atoms with Gasteiger partial charge in [0.1, 0.15) is 30.0 Å². The molecule has 2 fully saturated rings. The first-order valence-corrected chi connectivity index (χ1v) is 23.2. The Kier molecular flexibility index (Phi) is 15.9. The summed E-state index contributed by atoms with van der Waals surface area (Å²) in [6.07, 6.45) is 13.7. The van der Waals surface area contributed by atoms with Crippen LogP contribution in [0.25, 0.3) is 0 Å². The highest BCUT2D eigenvalue weighted by Gasteiger charge is 2.45. The zero-order valence-corrected chi connectivity index (χ0v) is 36.4. The van der Waals surface area contributed by atoms with Crippen molar-refractivity contribution in [3.05, 3.63) is 113 Å². The quantitative estimate of drug-likeness (QED) is 0.0337. The maximum atomic E-state index is 13.0. The van der Waals surface area contributed by atoms with Crippen LogP contribution < -0.4 is 24.8 Å². The molecule has 1 unspecified atom stereocenters. The molecular formula is C47H56N6O9S. The van der Waals surface area contributed by atoms with Crippen molar-refractivity contribution in [1.29, 1.82) is 0 Å². The Balaban J connectivity index is 0.707. The lowest BCUT2D eigenvalue weighted by atomic mass is 9.60. The highest BCUT2D eigenvalue weighted by molar-refractivity contribution is 7.70. The summed E-state index contributed by atoms with van der Waals surface area (Å²) in [7, 11) is -2.71. The Bertz CT molecular complexity index is 2290. The maximum absolute atomic E-state index is 13.0. The van der Waals surface area contributed by atoms with Crippen molar-refractivity contribution < 1.29 is 41.8 Å². The van der Waals surface area contributed by atoms with E-state index in [0.717, 1.165) is 80.1 Å². The molecule has 1 saturated heterocycles. The molecule has 0 spiro atoms. The Morgan fingerprint density at radius 1 is 0.746 bits per heavy atom. The molecule has 1 aliphatic carbocycles. The van der Waals surface area contributed by atoms with Gasteiger partial charge in [0.15, 0.2) is 0 Å². The van der Waals surface area contributed by atoms with Gasteiger partial charge in [0, 0.05) is 43.5 Å². The fourth-order valence-electron chi connectivity index (χ4n) is 8.36. The van der Waals surface area contributed by atoms with Crippen molar-refractivity contribution in [2.75, 3.05) is 31.7 Å². The average Bonchev–Trinajstić information content (AvgIpc) is 3.51. The Morgan fingerprint density at radius 3 is 2.06 bits per heavy atom. The van der Waals surface area contributed by atoms with Gasteiger partial charge in [-0.1, -0.05) is 56.4 Å². The van der Waals surface area contributed by atoms with Gasteiger partial charge in [0.25, 0.3) is 11.8 Å². The second kappa shape index (κ2) is 22.1. The summed E-state index contributed by atoms with van der Waals surface area (Å²) in [6, 6.07) is 22.7. The molecule has 0 bridgehead atoms. The van der Waals surface area contributed by atoms with Crippen LogP contribution in [-0.2, 0) is 43.8 Å². The third-order valence-corrected chi connectivity index (χ3v) is 12.4. The Labute approximate surface area is 369 Å². The van der Waals surface area contributed by atoms with Gasteiger partial charge in [-0.15, -0.1) is 0 Å². The van der Waals surface area contributed by atoms with Crippen LogP contribution >= 0.6 is 0 Å². The molecule has 7 rings (SSSR count). The topological polar surface area (TPSA) is 195 Å². The number of aromatic nitrogens is 2. The number of unbranched alkanes of at least 4 members (excludes halogenated alkanes) is 6. The number of fused-ring (bicyclic) bond motifs is 1. The molecule has 1 aromatic heterocycles. The van der Waals surface area contributed by atoms with Gasteiger partial charge in [-0.05, 0) is 105 Å². The minimum atomic E-state index is -2.71. The third-order valence-electron chi connectivity index (χ3n) is 12.0. The molecule has 1 saturated carbocycles. The fraction of sp³-hybridized carbons (Fsp3) is 0.447. The van der Waals surface area contributed by atoms with Crippen molar-refractivity contribution in [2.24, 2.45) is 0 Å². The molecule has 0 radical (unpaired) electrons. The lowest BCUT2D eigenvalue weighted by Crippen LogP contribution is -2.54. The molecule has 3 N–H and O–H groups in total. The van der Waals surface area contributed by atoms with Crippen molar-refractivity contribution in [3.8, 4) is 11.5 Å². The molecule has 4 aromatic rings. The standard InChI is InChI=1S/C47H56N6O9S/c54-43-21-20-41(44(55)52-43)53-45(56)39-19-14-35(30-40(39)46(53)57)48-25-5-8-28-60-27-6-3-1-2-4-7-29-61-37-15-10-33(11-16-37)47(23-9-24-47)34-12-17-38(18-13-34)62-32-36-22-26-49-42(51-36)31-50-63(58)59/h10-19,22,26,30,41,48,63H,1-9,20-21,23-25,27-29,31-32H2,(H,50,58,59)(H,52,54,55). The van der Waals surface area contributed by atoms with E-state index in [9.17, 15) is 27.6 Å². The van der Waals surface area contributed by atoms with Crippen LogP contribution in [-0.4, -0.2) is 79.3 Å². The second-order valence-corrected chi connectivity index (χ2v) is 17.1. The van der Waals surface area contributed by atoms with Crippen LogP contribution in [0.1, 0.15) is 127 Å². The van der Waals surface area contributed by atoms with E-state index in [2.05, 4.69) is 61.7 Å². The first kappa shape index (κ1) is 45.3. The van der Waals surface area contributed by atoms with Crippen LogP contribution in [0.5, 0.6) is 11.5 Å². The summed E-state index contributed by atoms with van der Waals surface area (Å²) >= 11 is 0. The Morgan fingerprint density at radius 2 is 1.40 bits per heavy atom.